The molecule has 1 saturated heterocycles. The third kappa shape index (κ3) is 5.44. The predicted octanol–water partition coefficient (Wildman–Crippen LogP) is 4.52. The van der Waals surface area contributed by atoms with Gasteiger partial charge in [-0.15, -0.1) is 5.10 Å². The zero-order valence-corrected chi connectivity index (χ0v) is 18.2. The molecule has 0 saturated carbocycles. The SMILES string of the molecule is COc1ccc(CCN2C(=O)CS/C2=N/N=C/c2ccc(Cl)c(Cl)c2)cc1OC. The zero-order chi connectivity index (χ0) is 20.8. The number of ether oxygens (including phenoxy) is 2. The Bertz CT molecular complexity index is 966. The number of hydrogen-bond acceptors (Lipinski definition) is 6. The van der Waals surface area contributed by atoms with Gasteiger partial charge in [-0.05, 0) is 41.8 Å². The number of thioether (sulfide) groups is 1. The third-order valence-corrected chi connectivity index (χ3v) is 5.91. The fraction of sp³-hybridized carbons (Fsp3) is 0.250. The average Bonchev–Trinajstić information content (AvgIpc) is 3.08. The molecule has 152 valence electrons. The van der Waals surface area contributed by atoms with Gasteiger partial charge in [0.1, 0.15) is 0 Å². The van der Waals surface area contributed by atoms with Crippen LogP contribution < -0.4 is 9.47 Å². The van der Waals surface area contributed by atoms with Gasteiger partial charge in [-0.1, -0.05) is 47.1 Å². The molecule has 2 aromatic carbocycles. The van der Waals surface area contributed by atoms with Crippen LogP contribution in [0, 0.1) is 0 Å². The van der Waals surface area contributed by atoms with E-state index in [2.05, 4.69) is 10.2 Å². The number of halogens is 2. The van der Waals surface area contributed by atoms with Crippen LogP contribution in [0.25, 0.3) is 0 Å². The van der Waals surface area contributed by atoms with Gasteiger partial charge in [-0.3, -0.25) is 9.69 Å². The van der Waals surface area contributed by atoms with Gasteiger partial charge in [-0.2, -0.15) is 5.10 Å². The lowest BCUT2D eigenvalue weighted by Crippen LogP contribution is -2.31. The van der Waals surface area contributed by atoms with Crippen LogP contribution in [0.2, 0.25) is 10.0 Å². The molecule has 0 radical (unpaired) electrons. The lowest BCUT2D eigenvalue weighted by molar-refractivity contribution is -0.124. The van der Waals surface area contributed by atoms with Crippen molar-refractivity contribution in [2.45, 2.75) is 6.42 Å². The van der Waals surface area contributed by atoms with E-state index in [0.717, 1.165) is 11.1 Å². The molecule has 29 heavy (non-hydrogen) atoms. The van der Waals surface area contributed by atoms with E-state index in [4.69, 9.17) is 32.7 Å². The summed E-state index contributed by atoms with van der Waals surface area (Å²) >= 11 is 13.3. The van der Waals surface area contributed by atoms with Crippen molar-refractivity contribution in [1.29, 1.82) is 0 Å². The van der Waals surface area contributed by atoms with E-state index in [1.165, 1.54) is 11.8 Å². The standard InChI is InChI=1S/C20H19Cl2N3O3S/c1-27-17-6-4-13(10-18(17)28-2)7-8-25-19(26)12-29-20(25)24-23-11-14-3-5-15(21)16(22)9-14/h3-6,9-11H,7-8,12H2,1-2H3/b23-11+,24-20+. The van der Waals surface area contributed by atoms with Crippen LogP contribution in [-0.2, 0) is 11.2 Å². The fourth-order valence-corrected chi connectivity index (χ4v) is 3.88. The number of amides is 1. The Labute approximate surface area is 183 Å². The van der Waals surface area contributed by atoms with Crippen LogP contribution in [0.4, 0.5) is 0 Å². The molecule has 0 N–H and O–H groups in total. The molecular weight excluding hydrogens is 433 g/mol. The van der Waals surface area contributed by atoms with E-state index in [9.17, 15) is 4.79 Å². The predicted molar refractivity (Wildman–Crippen MR) is 119 cm³/mol. The normalized spacial score (nSPS) is 15.5. The van der Waals surface area contributed by atoms with E-state index in [1.807, 2.05) is 18.2 Å². The number of rotatable bonds is 7. The van der Waals surface area contributed by atoms with Crippen LogP contribution in [0.5, 0.6) is 11.5 Å². The van der Waals surface area contributed by atoms with Crippen LogP contribution in [0.15, 0.2) is 46.6 Å². The van der Waals surface area contributed by atoms with Gasteiger partial charge in [-0.25, -0.2) is 0 Å². The summed E-state index contributed by atoms with van der Waals surface area (Å²) in [5.74, 6) is 1.70. The Balaban J connectivity index is 1.67. The summed E-state index contributed by atoms with van der Waals surface area (Å²) in [6.07, 6.45) is 2.23. The van der Waals surface area contributed by atoms with E-state index < -0.39 is 0 Å². The minimum atomic E-state index is 0.0129. The average molecular weight is 452 g/mol. The molecule has 0 atom stereocenters. The van der Waals surface area contributed by atoms with Crippen molar-refractivity contribution in [3.8, 4) is 11.5 Å². The summed E-state index contributed by atoms with van der Waals surface area (Å²) in [6, 6.07) is 10.9. The maximum Gasteiger partial charge on any atom is 0.239 e. The Morgan fingerprint density at radius 3 is 2.62 bits per heavy atom. The Morgan fingerprint density at radius 2 is 1.90 bits per heavy atom. The maximum absolute atomic E-state index is 12.2. The summed E-state index contributed by atoms with van der Waals surface area (Å²) in [5.41, 5.74) is 1.81. The molecule has 2 aromatic rings. The molecule has 0 spiro atoms. The summed E-state index contributed by atoms with van der Waals surface area (Å²) in [7, 11) is 3.19. The van der Waals surface area contributed by atoms with Crippen LogP contribution in [-0.4, -0.2) is 48.7 Å². The lowest BCUT2D eigenvalue weighted by Gasteiger charge is -2.16. The number of benzene rings is 2. The molecule has 6 nitrogen and oxygen atoms in total. The monoisotopic (exact) mass is 451 g/mol. The van der Waals surface area contributed by atoms with Gasteiger partial charge < -0.3 is 9.47 Å². The number of carbonyl (C=O) groups is 1. The van der Waals surface area contributed by atoms with Crippen molar-refractivity contribution in [3.05, 3.63) is 57.6 Å². The quantitative estimate of drug-likeness (QED) is 0.458. The molecule has 1 fully saturated rings. The van der Waals surface area contributed by atoms with Gasteiger partial charge in [0.05, 0.1) is 36.2 Å². The number of carbonyl (C=O) groups excluding carboxylic acids is 1. The summed E-state index contributed by atoms with van der Waals surface area (Å²) in [5, 5.41) is 9.81. The summed E-state index contributed by atoms with van der Waals surface area (Å²) in [4.78, 5) is 13.9. The number of methoxy groups -OCH3 is 2. The van der Waals surface area contributed by atoms with Crippen molar-refractivity contribution >= 4 is 52.3 Å². The molecule has 3 rings (SSSR count). The molecule has 1 aliphatic rings. The molecule has 0 aromatic heterocycles. The number of nitrogens with zero attached hydrogens (tertiary/aromatic N) is 3. The second kappa shape index (κ2) is 10.0. The van der Waals surface area contributed by atoms with Crippen molar-refractivity contribution in [2.24, 2.45) is 10.2 Å². The van der Waals surface area contributed by atoms with Gasteiger partial charge in [0.25, 0.3) is 0 Å². The van der Waals surface area contributed by atoms with E-state index in [0.29, 0.717) is 45.4 Å². The van der Waals surface area contributed by atoms with Gasteiger partial charge >= 0.3 is 0 Å². The van der Waals surface area contributed by atoms with Crippen LogP contribution >= 0.6 is 35.0 Å². The minimum Gasteiger partial charge on any atom is -0.493 e. The fourth-order valence-electron chi connectivity index (χ4n) is 2.71. The highest BCUT2D eigenvalue weighted by Gasteiger charge is 2.28. The van der Waals surface area contributed by atoms with Gasteiger partial charge in [0.2, 0.25) is 5.91 Å². The highest BCUT2D eigenvalue weighted by molar-refractivity contribution is 8.15. The highest BCUT2D eigenvalue weighted by atomic mass is 35.5. The number of amidine groups is 1. The molecule has 9 heteroatoms. The van der Waals surface area contributed by atoms with Gasteiger partial charge in [0.15, 0.2) is 16.7 Å². The van der Waals surface area contributed by atoms with Gasteiger partial charge in [0, 0.05) is 6.54 Å². The largest absolute Gasteiger partial charge is 0.493 e. The van der Waals surface area contributed by atoms with Crippen LogP contribution in [0.3, 0.4) is 0 Å². The van der Waals surface area contributed by atoms with Crippen molar-refractivity contribution in [2.75, 3.05) is 26.5 Å². The first-order valence-electron chi connectivity index (χ1n) is 8.72. The van der Waals surface area contributed by atoms with E-state index >= 15 is 0 Å². The zero-order valence-electron chi connectivity index (χ0n) is 15.9. The topological polar surface area (TPSA) is 63.5 Å². The summed E-state index contributed by atoms with van der Waals surface area (Å²) < 4.78 is 10.6. The molecule has 1 heterocycles. The lowest BCUT2D eigenvalue weighted by atomic mass is 10.1. The summed E-state index contributed by atoms with van der Waals surface area (Å²) in [6.45, 7) is 0.502. The Hall–Kier alpha value is -2.22. The van der Waals surface area contributed by atoms with Crippen molar-refractivity contribution in [3.63, 3.8) is 0 Å². The smallest absolute Gasteiger partial charge is 0.239 e. The molecule has 0 bridgehead atoms. The Morgan fingerprint density at radius 1 is 1.10 bits per heavy atom. The first-order chi connectivity index (χ1) is 14.0. The second-order valence-electron chi connectivity index (χ2n) is 6.07. The van der Waals surface area contributed by atoms with E-state index in [-0.39, 0.29) is 5.91 Å². The third-order valence-electron chi connectivity index (χ3n) is 4.22. The minimum absolute atomic E-state index is 0.0129. The first-order valence-corrected chi connectivity index (χ1v) is 10.5. The molecular formula is C20H19Cl2N3O3S. The molecule has 0 aliphatic carbocycles. The van der Waals surface area contributed by atoms with Crippen LogP contribution in [0.1, 0.15) is 11.1 Å². The first kappa shape index (κ1) is 21.5. The molecule has 1 aliphatic heterocycles. The number of hydrogen-bond donors (Lipinski definition) is 0. The maximum atomic E-state index is 12.2. The van der Waals surface area contributed by atoms with Crippen molar-refractivity contribution in [1.82, 2.24) is 4.90 Å². The highest BCUT2D eigenvalue weighted by Crippen LogP contribution is 2.28. The van der Waals surface area contributed by atoms with Crippen molar-refractivity contribution < 1.29 is 14.3 Å². The van der Waals surface area contributed by atoms with E-state index in [1.54, 1.807) is 43.5 Å². The molecule has 1 amide bonds. The Kier molecular flexibility index (Phi) is 7.41. The molecule has 0 unspecified atom stereocenters. The second-order valence-corrected chi connectivity index (χ2v) is 7.83.